The highest BCUT2D eigenvalue weighted by Crippen LogP contribution is 2.38. The number of anilines is 1. The lowest BCUT2D eigenvalue weighted by Gasteiger charge is -2.11. The molecule has 0 amide bonds. The predicted octanol–water partition coefficient (Wildman–Crippen LogP) is 3.96. The molecule has 21 heavy (non-hydrogen) atoms. The van der Waals surface area contributed by atoms with Crippen LogP contribution in [0.15, 0.2) is 50.0 Å². The molecule has 0 saturated carbocycles. The molecule has 0 fully saturated rings. The second kappa shape index (κ2) is 5.46. The van der Waals surface area contributed by atoms with Gasteiger partial charge in [0.1, 0.15) is 22.1 Å². The van der Waals surface area contributed by atoms with E-state index < -0.39 is 15.8 Å². The third kappa shape index (κ3) is 2.85. The Balaban J connectivity index is 2.03. The van der Waals surface area contributed by atoms with E-state index in [4.69, 9.17) is 0 Å². The van der Waals surface area contributed by atoms with Gasteiger partial charge in [0.05, 0.1) is 17.0 Å². The molecule has 0 aromatic heterocycles. The van der Waals surface area contributed by atoms with Crippen LogP contribution >= 0.6 is 22.6 Å². The molecule has 1 heterocycles. The first-order valence-electron chi connectivity index (χ1n) is 5.66. The summed E-state index contributed by atoms with van der Waals surface area (Å²) in [5, 5.41) is 0. The van der Waals surface area contributed by atoms with Crippen LogP contribution in [0, 0.1) is 9.39 Å². The Hall–Kier alpha value is -1.33. The summed E-state index contributed by atoms with van der Waals surface area (Å²) in [5.41, 5.74) is 1.17. The van der Waals surface area contributed by atoms with Crippen molar-refractivity contribution >= 4 is 61.0 Å². The minimum atomic E-state index is -3.82. The standard InChI is InChI=1S/C12H7FIN3O2S2/c13-7-4-5-9(8(14)6-7)17-21(18,19)11-3-1-2-10-12(11)16-20-15-10/h1-6,17H. The molecule has 2 aromatic carbocycles. The summed E-state index contributed by atoms with van der Waals surface area (Å²) in [5.74, 6) is -0.423. The van der Waals surface area contributed by atoms with Gasteiger partial charge in [0, 0.05) is 3.57 Å². The molecule has 0 radical (unpaired) electrons. The van der Waals surface area contributed by atoms with Crippen molar-refractivity contribution in [2.24, 2.45) is 8.73 Å². The fraction of sp³-hybridized carbons (Fsp3) is 0. The third-order valence-electron chi connectivity index (χ3n) is 2.71. The quantitative estimate of drug-likeness (QED) is 0.633. The van der Waals surface area contributed by atoms with Crippen LogP contribution in [0.25, 0.3) is 0 Å². The highest BCUT2D eigenvalue weighted by molar-refractivity contribution is 14.1. The zero-order valence-corrected chi connectivity index (χ0v) is 14.0. The first-order chi connectivity index (χ1) is 9.97. The van der Waals surface area contributed by atoms with Crippen molar-refractivity contribution in [3.8, 4) is 0 Å². The van der Waals surface area contributed by atoms with Crippen LogP contribution in [0.4, 0.5) is 21.5 Å². The van der Waals surface area contributed by atoms with Crippen molar-refractivity contribution in [3.05, 3.63) is 45.8 Å². The number of sulfonamides is 1. The fourth-order valence-electron chi connectivity index (χ4n) is 1.77. The first kappa shape index (κ1) is 14.6. The Morgan fingerprint density at radius 3 is 2.76 bits per heavy atom. The molecule has 0 spiro atoms. The van der Waals surface area contributed by atoms with E-state index >= 15 is 0 Å². The van der Waals surface area contributed by atoms with Gasteiger partial charge in [-0.05, 0) is 52.9 Å². The van der Waals surface area contributed by atoms with Crippen molar-refractivity contribution < 1.29 is 12.8 Å². The van der Waals surface area contributed by atoms with Crippen LogP contribution in [-0.2, 0) is 21.4 Å². The number of hydrogen-bond donors (Lipinski definition) is 1. The zero-order chi connectivity index (χ0) is 15.0. The lowest BCUT2D eigenvalue weighted by Crippen LogP contribution is -2.14. The molecular weight excluding hydrogens is 428 g/mol. The summed E-state index contributed by atoms with van der Waals surface area (Å²) in [6.45, 7) is 0. The fourth-order valence-corrected chi connectivity index (χ4v) is 4.41. The molecule has 0 saturated heterocycles. The van der Waals surface area contributed by atoms with Crippen molar-refractivity contribution in [1.29, 1.82) is 0 Å². The van der Waals surface area contributed by atoms with Gasteiger partial charge in [-0.2, -0.15) is 8.73 Å². The monoisotopic (exact) mass is 435 g/mol. The van der Waals surface area contributed by atoms with E-state index in [-0.39, 0.29) is 4.90 Å². The van der Waals surface area contributed by atoms with Crippen LogP contribution in [0.5, 0.6) is 0 Å². The number of nitrogens with one attached hydrogen (secondary N) is 1. The highest BCUT2D eigenvalue weighted by Gasteiger charge is 2.23. The summed E-state index contributed by atoms with van der Waals surface area (Å²) in [6.07, 6.45) is 0. The van der Waals surface area contributed by atoms with Crippen LogP contribution < -0.4 is 4.72 Å². The van der Waals surface area contributed by atoms with Gasteiger partial charge in [-0.3, -0.25) is 4.72 Å². The third-order valence-corrected chi connectivity index (χ3v) is 5.55. The molecule has 1 N–H and O–H groups in total. The van der Waals surface area contributed by atoms with Gasteiger partial charge >= 0.3 is 0 Å². The molecule has 0 aliphatic carbocycles. The number of rotatable bonds is 3. The number of benzene rings is 2. The summed E-state index contributed by atoms with van der Waals surface area (Å²) in [4.78, 5) is 0.0499. The Kier molecular flexibility index (Phi) is 3.80. The smallest absolute Gasteiger partial charge is 0.264 e. The van der Waals surface area contributed by atoms with Crippen molar-refractivity contribution in [3.63, 3.8) is 0 Å². The molecule has 2 aromatic rings. The van der Waals surface area contributed by atoms with Crippen molar-refractivity contribution in [1.82, 2.24) is 0 Å². The largest absolute Gasteiger partial charge is 0.278 e. The van der Waals surface area contributed by atoms with Crippen molar-refractivity contribution in [2.45, 2.75) is 4.90 Å². The summed E-state index contributed by atoms with van der Waals surface area (Å²) < 4.78 is 49.0. The minimum Gasteiger partial charge on any atom is -0.278 e. The highest BCUT2D eigenvalue weighted by atomic mass is 127. The Morgan fingerprint density at radius 2 is 2.00 bits per heavy atom. The van der Waals surface area contributed by atoms with Gasteiger partial charge in [0.15, 0.2) is 0 Å². The van der Waals surface area contributed by atoms with Gasteiger partial charge in [-0.25, -0.2) is 12.8 Å². The van der Waals surface area contributed by atoms with Gasteiger partial charge in [-0.1, -0.05) is 6.07 Å². The van der Waals surface area contributed by atoms with Gasteiger partial charge < -0.3 is 0 Å². The van der Waals surface area contributed by atoms with E-state index in [0.717, 1.165) is 11.4 Å². The summed E-state index contributed by atoms with van der Waals surface area (Å²) in [7, 11) is -3.82. The Bertz CT molecular complexity index is 909. The number of halogens is 2. The molecule has 108 valence electrons. The first-order valence-corrected chi connectivity index (χ1v) is 8.96. The lowest BCUT2D eigenvalue weighted by molar-refractivity contribution is 0.601. The SMILES string of the molecule is O=S(=O)(Nc1ccc(F)cc1I)c1cccc2c1N=S=N2. The molecule has 0 atom stereocenters. The molecule has 9 heteroatoms. The maximum absolute atomic E-state index is 13.1. The second-order valence-electron chi connectivity index (χ2n) is 4.12. The topological polar surface area (TPSA) is 70.9 Å². The van der Waals surface area contributed by atoms with Crippen LogP contribution in [0.3, 0.4) is 0 Å². The minimum absolute atomic E-state index is 0.0499. The molecule has 3 rings (SSSR count). The van der Waals surface area contributed by atoms with Crippen LogP contribution in [0.2, 0.25) is 0 Å². The van der Waals surface area contributed by atoms with Gasteiger partial charge in [0.25, 0.3) is 10.0 Å². The van der Waals surface area contributed by atoms with E-state index in [1.165, 1.54) is 24.3 Å². The predicted molar refractivity (Wildman–Crippen MR) is 87.9 cm³/mol. The summed E-state index contributed by atoms with van der Waals surface area (Å²) in [6, 6.07) is 8.60. The Morgan fingerprint density at radius 1 is 1.19 bits per heavy atom. The van der Waals surface area contributed by atoms with E-state index in [1.54, 1.807) is 12.1 Å². The molecular formula is C12H7FIN3O2S2. The number of hydrogen-bond acceptors (Lipinski definition) is 4. The molecule has 0 bridgehead atoms. The van der Waals surface area contributed by atoms with Crippen molar-refractivity contribution in [2.75, 3.05) is 4.72 Å². The van der Waals surface area contributed by atoms with E-state index in [2.05, 4.69) is 13.4 Å². The molecule has 1 aliphatic rings. The molecule has 1 aliphatic heterocycles. The molecule has 0 unspecified atom stereocenters. The van der Waals surface area contributed by atoms with E-state index in [0.29, 0.717) is 20.6 Å². The number of fused-ring (bicyclic) bond motifs is 1. The normalized spacial score (nSPS) is 12.9. The van der Waals surface area contributed by atoms with Gasteiger partial charge in [0.2, 0.25) is 0 Å². The zero-order valence-electron chi connectivity index (χ0n) is 10.2. The van der Waals surface area contributed by atoms with Gasteiger partial charge in [-0.15, -0.1) is 0 Å². The second-order valence-corrected chi connectivity index (χ2v) is 7.46. The summed E-state index contributed by atoms with van der Waals surface area (Å²) >= 11 is 2.82. The van der Waals surface area contributed by atoms with E-state index in [9.17, 15) is 12.8 Å². The molecule has 5 nitrogen and oxygen atoms in total. The van der Waals surface area contributed by atoms with E-state index in [1.807, 2.05) is 22.6 Å². The lowest BCUT2D eigenvalue weighted by atomic mass is 10.3. The van der Waals surface area contributed by atoms with Crippen LogP contribution in [0.1, 0.15) is 0 Å². The average molecular weight is 435 g/mol. The van der Waals surface area contributed by atoms with Crippen LogP contribution in [-0.4, -0.2) is 8.42 Å². The average Bonchev–Trinajstić information content (AvgIpc) is 2.90. The number of nitrogens with zero attached hydrogens (tertiary/aromatic N) is 2. The Labute approximate surface area is 137 Å². The maximum atomic E-state index is 13.1. The maximum Gasteiger partial charge on any atom is 0.264 e.